The maximum absolute atomic E-state index is 5.54. The second-order valence-electron chi connectivity index (χ2n) is 3.05. The van der Waals surface area contributed by atoms with E-state index in [1.165, 1.54) is 0 Å². The van der Waals surface area contributed by atoms with Crippen LogP contribution in [0.5, 0.6) is 11.5 Å². The summed E-state index contributed by atoms with van der Waals surface area (Å²) in [5.74, 6) is 1.80. The molecule has 0 aliphatic carbocycles. The van der Waals surface area contributed by atoms with Crippen molar-refractivity contribution in [2.24, 2.45) is 0 Å². The quantitative estimate of drug-likeness (QED) is 0.825. The van der Waals surface area contributed by atoms with E-state index in [9.17, 15) is 0 Å². The lowest BCUT2D eigenvalue weighted by Gasteiger charge is -2.02. The Morgan fingerprint density at radius 2 is 2.33 bits per heavy atom. The molecule has 0 atom stereocenters. The fourth-order valence-electron chi connectivity index (χ4n) is 1.20. The van der Waals surface area contributed by atoms with Crippen molar-refractivity contribution in [2.75, 3.05) is 5.73 Å². The lowest BCUT2D eigenvalue weighted by molar-refractivity contribution is 0.481. The molecular weight excluding hydrogens is 192 g/mol. The molecule has 0 aliphatic heterocycles. The number of rotatable bonds is 3. The highest BCUT2D eigenvalue weighted by molar-refractivity contribution is 5.37. The summed E-state index contributed by atoms with van der Waals surface area (Å²) in [5.41, 5.74) is 5.53. The Labute approximate surface area is 87.5 Å². The Hall–Kier alpha value is -2.04. The molecule has 0 amide bonds. The molecule has 2 rings (SSSR count). The third kappa shape index (κ3) is 2.25. The molecule has 0 fully saturated rings. The van der Waals surface area contributed by atoms with Gasteiger partial charge in [0, 0.05) is 18.8 Å². The number of hydrogen-bond donors (Lipinski definition) is 1. The number of aromatic nitrogens is 3. The minimum atomic E-state index is 0.440. The smallest absolute Gasteiger partial charge is 0.165 e. The fourth-order valence-corrected chi connectivity index (χ4v) is 1.20. The molecule has 0 unspecified atom stereocenters. The number of ether oxygens (including phenoxy) is 1. The maximum Gasteiger partial charge on any atom is 0.165 e. The van der Waals surface area contributed by atoms with Crippen LogP contribution in [0.15, 0.2) is 30.7 Å². The van der Waals surface area contributed by atoms with Crippen LogP contribution in [-0.2, 0) is 6.54 Å². The highest BCUT2D eigenvalue weighted by atomic mass is 16.5. The van der Waals surface area contributed by atoms with Gasteiger partial charge in [-0.1, -0.05) is 0 Å². The second-order valence-corrected chi connectivity index (χ2v) is 3.05. The van der Waals surface area contributed by atoms with Gasteiger partial charge in [0.05, 0.1) is 12.4 Å². The van der Waals surface area contributed by atoms with E-state index < -0.39 is 0 Å². The first-order valence-electron chi connectivity index (χ1n) is 4.70. The van der Waals surface area contributed by atoms with Crippen molar-refractivity contribution in [3.05, 3.63) is 30.7 Å². The van der Waals surface area contributed by atoms with Crippen molar-refractivity contribution in [3.8, 4) is 11.5 Å². The van der Waals surface area contributed by atoms with E-state index in [1.54, 1.807) is 29.2 Å². The molecule has 0 spiro atoms. The number of nitrogens with zero attached hydrogens (tertiary/aromatic N) is 3. The maximum atomic E-state index is 5.54. The highest BCUT2D eigenvalue weighted by Crippen LogP contribution is 2.20. The summed E-state index contributed by atoms with van der Waals surface area (Å²) in [6.45, 7) is 2.84. The van der Waals surface area contributed by atoms with Gasteiger partial charge in [-0.25, -0.2) is 4.98 Å². The van der Waals surface area contributed by atoms with E-state index in [4.69, 9.17) is 10.5 Å². The largest absolute Gasteiger partial charge is 0.454 e. The predicted molar refractivity (Wildman–Crippen MR) is 56.6 cm³/mol. The molecule has 15 heavy (non-hydrogen) atoms. The summed E-state index contributed by atoms with van der Waals surface area (Å²) in [4.78, 5) is 3.88. The molecule has 2 aromatic rings. The standard InChI is InChI=1S/C10H12N4O/c1-2-14-7-9(6-13-14)15-8-3-4-12-10(11)5-8/h3-7H,2H2,1H3,(H2,11,12). The Balaban J connectivity index is 2.14. The summed E-state index contributed by atoms with van der Waals surface area (Å²) < 4.78 is 7.33. The van der Waals surface area contributed by atoms with E-state index in [0.29, 0.717) is 17.3 Å². The zero-order valence-corrected chi connectivity index (χ0v) is 8.42. The molecule has 0 bridgehead atoms. The number of aryl methyl sites for hydroxylation is 1. The van der Waals surface area contributed by atoms with Crippen LogP contribution in [0.3, 0.4) is 0 Å². The number of nitrogen functional groups attached to an aromatic ring is 1. The fraction of sp³-hybridized carbons (Fsp3) is 0.200. The van der Waals surface area contributed by atoms with Gasteiger partial charge in [0.2, 0.25) is 0 Å². The minimum Gasteiger partial charge on any atom is -0.454 e. The zero-order chi connectivity index (χ0) is 10.7. The molecule has 5 heteroatoms. The summed E-state index contributed by atoms with van der Waals surface area (Å²) >= 11 is 0. The van der Waals surface area contributed by atoms with Gasteiger partial charge in [-0.3, -0.25) is 4.68 Å². The summed E-state index contributed by atoms with van der Waals surface area (Å²) in [5, 5.41) is 4.10. The summed E-state index contributed by atoms with van der Waals surface area (Å²) in [6.07, 6.45) is 5.10. The number of anilines is 1. The van der Waals surface area contributed by atoms with Crippen LogP contribution in [0.4, 0.5) is 5.82 Å². The number of nitrogens with two attached hydrogens (primary N) is 1. The predicted octanol–water partition coefficient (Wildman–Crippen LogP) is 1.67. The Morgan fingerprint density at radius 3 is 3.00 bits per heavy atom. The van der Waals surface area contributed by atoms with Gasteiger partial charge in [-0.2, -0.15) is 5.10 Å². The van der Waals surface area contributed by atoms with Gasteiger partial charge < -0.3 is 10.5 Å². The van der Waals surface area contributed by atoms with E-state index in [1.807, 2.05) is 13.1 Å². The lowest BCUT2D eigenvalue weighted by atomic mass is 10.4. The van der Waals surface area contributed by atoms with Crippen LogP contribution in [0.1, 0.15) is 6.92 Å². The first-order valence-corrected chi connectivity index (χ1v) is 4.70. The highest BCUT2D eigenvalue weighted by Gasteiger charge is 2.00. The van der Waals surface area contributed by atoms with Gasteiger partial charge in [0.25, 0.3) is 0 Å². The molecule has 2 aromatic heterocycles. The van der Waals surface area contributed by atoms with Crippen molar-refractivity contribution in [1.29, 1.82) is 0 Å². The third-order valence-electron chi connectivity index (χ3n) is 1.92. The molecule has 0 aromatic carbocycles. The first-order chi connectivity index (χ1) is 7.28. The van der Waals surface area contributed by atoms with Gasteiger partial charge in [0.1, 0.15) is 11.6 Å². The van der Waals surface area contributed by atoms with Crippen LogP contribution < -0.4 is 10.5 Å². The molecular formula is C10H12N4O. The lowest BCUT2D eigenvalue weighted by Crippen LogP contribution is -1.92. The average Bonchev–Trinajstić information content (AvgIpc) is 2.65. The van der Waals surface area contributed by atoms with Gasteiger partial charge in [-0.15, -0.1) is 0 Å². The van der Waals surface area contributed by atoms with Crippen molar-refractivity contribution < 1.29 is 4.74 Å². The molecule has 0 radical (unpaired) electrons. The molecule has 0 saturated heterocycles. The summed E-state index contributed by atoms with van der Waals surface area (Å²) in [7, 11) is 0. The van der Waals surface area contributed by atoms with E-state index in [0.717, 1.165) is 6.54 Å². The number of hydrogen-bond acceptors (Lipinski definition) is 4. The Kier molecular flexibility index (Phi) is 2.53. The second kappa shape index (κ2) is 4.00. The van der Waals surface area contributed by atoms with Crippen molar-refractivity contribution in [2.45, 2.75) is 13.5 Å². The molecule has 2 N–H and O–H groups in total. The summed E-state index contributed by atoms with van der Waals surface area (Å²) in [6, 6.07) is 3.42. The Bertz CT molecular complexity index is 452. The van der Waals surface area contributed by atoms with Crippen LogP contribution >= 0.6 is 0 Å². The van der Waals surface area contributed by atoms with Crippen molar-refractivity contribution in [3.63, 3.8) is 0 Å². The monoisotopic (exact) mass is 204 g/mol. The van der Waals surface area contributed by atoms with Gasteiger partial charge in [-0.05, 0) is 13.0 Å². The first kappa shape index (κ1) is 9.51. The molecule has 78 valence electrons. The SMILES string of the molecule is CCn1cc(Oc2ccnc(N)c2)cn1. The zero-order valence-electron chi connectivity index (χ0n) is 8.42. The normalized spacial score (nSPS) is 10.2. The minimum absolute atomic E-state index is 0.440. The third-order valence-corrected chi connectivity index (χ3v) is 1.92. The van der Waals surface area contributed by atoms with E-state index >= 15 is 0 Å². The topological polar surface area (TPSA) is 66.0 Å². The van der Waals surface area contributed by atoms with Crippen molar-refractivity contribution >= 4 is 5.82 Å². The molecule has 0 aliphatic rings. The van der Waals surface area contributed by atoms with Gasteiger partial charge in [0.15, 0.2) is 5.75 Å². The van der Waals surface area contributed by atoms with E-state index in [-0.39, 0.29) is 0 Å². The van der Waals surface area contributed by atoms with Crippen LogP contribution in [-0.4, -0.2) is 14.8 Å². The molecule has 0 saturated carbocycles. The van der Waals surface area contributed by atoms with Crippen LogP contribution in [0, 0.1) is 0 Å². The van der Waals surface area contributed by atoms with E-state index in [2.05, 4.69) is 10.1 Å². The van der Waals surface area contributed by atoms with Gasteiger partial charge >= 0.3 is 0 Å². The average molecular weight is 204 g/mol. The van der Waals surface area contributed by atoms with Crippen LogP contribution in [0.2, 0.25) is 0 Å². The van der Waals surface area contributed by atoms with Crippen LogP contribution in [0.25, 0.3) is 0 Å². The van der Waals surface area contributed by atoms with Crippen molar-refractivity contribution in [1.82, 2.24) is 14.8 Å². The Morgan fingerprint density at radius 1 is 1.47 bits per heavy atom. The number of pyridine rings is 1. The molecule has 5 nitrogen and oxygen atoms in total. The molecule has 2 heterocycles.